The quantitative estimate of drug-likeness (QED) is 0.0956. The molecular formula is C34H48N8O3. The lowest BCUT2D eigenvalue weighted by Gasteiger charge is -2.35. The van der Waals surface area contributed by atoms with Crippen molar-refractivity contribution in [3.05, 3.63) is 70.8 Å². The second-order valence-corrected chi connectivity index (χ2v) is 12.5. The Morgan fingerprint density at radius 1 is 0.844 bits per heavy atom. The highest BCUT2D eigenvalue weighted by atomic mass is 16.2. The molecule has 45 heavy (non-hydrogen) atoms. The first-order valence-electron chi connectivity index (χ1n) is 16.1. The van der Waals surface area contributed by atoms with Crippen molar-refractivity contribution in [1.29, 1.82) is 5.41 Å². The van der Waals surface area contributed by atoms with Crippen LogP contribution in [0.1, 0.15) is 73.6 Å². The number of amides is 3. The molecule has 1 fully saturated rings. The van der Waals surface area contributed by atoms with Gasteiger partial charge in [0, 0.05) is 18.0 Å². The number of primary amides is 1. The summed E-state index contributed by atoms with van der Waals surface area (Å²) in [4.78, 5) is 44.4. The molecule has 4 atom stereocenters. The number of amidine groups is 1. The first kappa shape index (κ1) is 33.5. The van der Waals surface area contributed by atoms with Gasteiger partial charge in [-0.1, -0.05) is 67.8 Å². The van der Waals surface area contributed by atoms with Crippen LogP contribution in [0.25, 0.3) is 0 Å². The minimum absolute atomic E-state index is 0.00781. The fourth-order valence-corrected chi connectivity index (χ4v) is 6.79. The summed E-state index contributed by atoms with van der Waals surface area (Å²) in [6.07, 6.45) is 8.44. The van der Waals surface area contributed by atoms with Crippen LogP contribution in [0.2, 0.25) is 0 Å². The summed E-state index contributed by atoms with van der Waals surface area (Å²) in [6, 6.07) is 14.1. The van der Waals surface area contributed by atoms with E-state index in [4.69, 9.17) is 28.3 Å². The summed E-state index contributed by atoms with van der Waals surface area (Å²) < 4.78 is 0. The second kappa shape index (κ2) is 16.1. The molecule has 4 rings (SSSR count). The molecule has 0 radical (unpaired) electrons. The Balaban J connectivity index is 1.56. The van der Waals surface area contributed by atoms with E-state index in [1.807, 2.05) is 24.3 Å². The first-order valence-corrected chi connectivity index (χ1v) is 16.1. The first-order chi connectivity index (χ1) is 21.6. The third kappa shape index (κ3) is 9.54. The fraction of sp³-hybridized carbons (Fsp3) is 0.500. The summed E-state index contributed by atoms with van der Waals surface area (Å²) in [7, 11) is 0. The van der Waals surface area contributed by atoms with E-state index in [1.54, 1.807) is 12.1 Å². The Labute approximate surface area is 265 Å². The predicted molar refractivity (Wildman–Crippen MR) is 176 cm³/mol. The van der Waals surface area contributed by atoms with Gasteiger partial charge in [0.15, 0.2) is 5.96 Å². The van der Waals surface area contributed by atoms with Crippen LogP contribution in [0, 0.1) is 23.2 Å². The molecule has 0 unspecified atom stereocenters. The van der Waals surface area contributed by atoms with E-state index >= 15 is 0 Å². The topological polar surface area (TPSA) is 216 Å². The third-order valence-electron chi connectivity index (χ3n) is 9.32. The highest BCUT2D eigenvalue weighted by Crippen LogP contribution is 2.33. The van der Waals surface area contributed by atoms with Crippen LogP contribution in [0.5, 0.6) is 0 Å². The molecule has 11 nitrogen and oxygen atoms in total. The summed E-state index contributed by atoms with van der Waals surface area (Å²) in [6.45, 7) is 0.310. The van der Waals surface area contributed by atoms with Gasteiger partial charge in [0.2, 0.25) is 17.7 Å². The number of hydrogen-bond acceptors (Lipinski definition) is 5. The summed E-state index contributed by atoms with van der Waals surface area (Å²) >= 11 is 0. The number of nitrogens with one attached hydrogen (secondary N) is 3. The van der Waals surface area contributed by atoms with Crippen LogP contribution >= 0.6 is 0 Å². The minimum Gasteiger partial charge on any atom is -0.384 e. The van der Waals surface area contributed by atoms with E-state index < -0.39 is 18.0 Å². The summed E-state index contributed by atoms with van der Waals surface area (Å²) in [5.74, 6) is -1.59. The maximum Gasteiger partial charge on any atom is 0.243 e. The second-order valence-electron chi connectivity index (χ2n) is 12.5. The number of benzene rings is 2. The zero-order valence-corrected chi connectivity index (χ0v) is 26.0. The van der Waals surface area contributed by atoms with Crippen LogP contribution in [0.4, 0.5) is 0 Å². The number of aliphatic imine (C=N–C) groups is 1. The largest absolute Gasteiger partial charge is 0.384 e. The maximum absolute atomic E-state index is 14.3. The fourth-order valence-electron chi connectivity index (χ4n) is 6.79. The SMILES string of the molecule is N=C(N)c1ccc(C[C@@H](C(=O)N[C@H](C(=O)N[C@@H](CCCN=C(N)N)C(N)=O)C2CCCCC2)[C@H]2CCc3ccccc3C2)cc1. The number of rotatable bonds is 14. The van der Waals surface area contributed by atoms with Crippen LogP contribution in [0.3, 0.4) is 0 Å². The molecule has 1 saturated carbocycles. The third-order valence-corrected chi connectivity index (χ3v) is 9.32. The molecule has 3 amide bonds. The van der Waals surface area contributed by atoms with Crippen molar-refractivity contribution in [1.82, 2.24) is 10.6 Å². The molecule has 0 aliphatic heterocycles. The molecule has 2 aromatic carbocycles. The van der Waals surface area contributed by atoms with E-state index in [0.717, 1.165) is 56.9 Å². The molecule has 0 saturated heterocycles. The summed E-state index contributed by atoms with van der Waals surface area (Å²) in [5.41, 5.74) is 26.3. The molecule has 0 aromatic heterocycles. The molecular weight excluding hydrogens is 568 g/mol. The molecule has 0 spiro atoms. The Kier molecular flexibility index (Phi) is 11.9. The number of carbonyl (C=O) groups excluding carboxylic acids is 3. The van der Waals surface area contributed by atoms with Crippen LogP contribution in [-0.4, -0.2) is 48.1 Å². The lowest BCUT2D eigenvalue weighted by Crippen LogP contribution is -2.57. The number of nitrogens with two attached hydrogens (primary N) is 4. The number of guanidine groups is 1. The van der Waals surface area contributed by atoms with Crippen molar-refractivity contribution < 1.29 is 14.4 Å². The zero-order valence-electron chi connectivity index (χ0n) is 26.0. The van der Waals surface area contributed by atoms with E-state index in [2.05, 4.69) is 27.8 Å². The Bertz CT molecular complexity index is 1370. The van der Waals surface area contributed by atoms with Crippen molar-refractivity contribution in [2.45, 2.75) is 82.7 Å². The van der Waals surface area contributed by atoms with Gasteiger partial charge in [0.1, 0.15) is 17.9 Å². The Morgan fingerprint density at radius 3 is 2.18 bits per heavy atom. The number of nitrogens with zero attached hydrogens (tertiary/aromatic N) is 1. The zero-order chi connectivity index (χ0) is 32.3. The van der Waals surface area contributed by atoms with E-state index in [0.29, 0.717) is 24.9 Å². The number of hydrogen-bond donors (Lipinski definition) is 7. The smallest absolute Gasteiger partial charge is 0.243 e. The van der Waals surface area contributed by atoms with Crippen molar-refractivity contribution in [2.24, 2.45) is 45.7 Å². The van der Waals surface area contributed by atoms with Crippen molar-refractivity contribution in [2.75, 3.05) is 6.54 Å². The van der Waals surface area contributed by atoms with Gasteiger partial charge in [-0.15, -0.1) is 0 Å². The number of fused-ring (bicyclic) bond motifs is 1. The van der Waals surface area contributed by atoms with Gasteiger partial charge >= 0.3 is 0 Å². The highest BCUT2D eigenvalue weighted by Gasteiger charge is 2.37. The van der Waals surface area contributed by atoms with Crippen molar-refractivity contribution in [3.8, 4) is 0 Å². The minimum atomic E-state index is -0.903. The average molecular weight is 617 g/mol. The maximum atomic E-state index is 14.3. The van der Waals surface area contributed by atoms with Gasteiger partial charge in [-0.25, -0.2) is 0 Å². The number of carbonyl (C=O) groups is 3. The molecule has 11 heteroatoms. The van der Waals surface area contributed by atoms with Crippen LogP contribution in [0.15, 0.2) is 53.5 Å². The molecule has 0 bridgehead atoms. The van der Waals surface area contributed by atoms with Crippen molar-refractivity contribution in [3.63, 3.8) is 0 Å². The van der Waals surface area contributed by atoms with E-state index in [1.165, 1.54) is 11.1 Å². The van der Waals surface area contributed by atoms with E-state index in [-0.39, 0.29) is 47.8 Å². The number of nitrogen functional groups attached to an aromatic ring is 1. The lowest BCUT2D eigenvalue weighted by molar-refractivity contribution is -0.135. The van der Waals surface area contributed by atoms with Gasteiger partial charge in [0.05, 0.1) is 0 Å². The van der Waals surface area contributed by atoms with Gasteiger partial charge in [-0.3, -0.25) is 24.8 Å². The van der Waals surface area contributed by atoms with Gasteiger partial charge in [-0.05, 0) is 79.9 Å². The van der Waals surface area contributed by atoms with Crippen LogP contribution < -0.4 is 33.6 Å². The predicted octanol–water partition coefficient (Wildman–Crippen LogP) is 2.02. The monoisotopic (exact) mass is 616 g/mol. The van der Waals surface area contributed by atoms with Gasteiger partial charge in [-0.2, -0.15) is 0 Å². The highest BCUT2D eigenvalue weighted by molar-refractivity contribution is 5.95. The molecule has 11 N–H and O–H groups in total. The molecule has 2 aliphatic carbocycles. The normalized spacial score (nSPS) is 18.4. The lowest BCUT2D eigenvalue weighted by atomic mass is 9.74. The standard InChI is InChI=1S/C34H48N8O3/c35-30(36)24-14-12-21(13-15-24)19-27(26-17-16-22-7-4-5-10-25(22)20-26)32(44)42-29(23-8-2-1-3-9-23)33(45)41-28(31(37)43)11-6-18-40-34(38)39/h4-5,7,10,12-15,23,26-29H,1-3,6,8-9,11,16-20H2,(H3,35,36)(H2,37,43)(H,41,45)(H,42,44)(H4,38,39,40)/t26-,27+,28-,29-/m0/s1. The average Bonchev–Trinajstić information content (AvgIpc) is 3.03. The van der Waals surface area contributed by atoms with E-state index in [9.17, 15) is 14.4 Å². The molecule has 2 aliphatic rings. The molecule has 242 valence electrons. The van der Waals surface area contributed by atoms with Gasteiger partial charge < -0.3 is 33.6 Å². The summed E-state index contributed by atoms with van der Waals surface area (Å²) in [5, 5.41) is 13.7. The molecule has 0 heterocycles. The Hall–Kier alpha value is -4.41. The Morgan fingerprint density at radius 2 is 1.53 bits per heavy atom. The van der Waals surface area contributed by atoms with Gasteiger partial charge in [0.25, 0.3) is 0 Å². The number of aryl methyl sites for hydroxylation is 1. The molecule has 2 aromatic rings. The van der Waals surface area contributed by atoms with Crippen molar-refractivity contribution >= 4 is 29.5 Å². The van der Waals surface area contributed by atoms with Crippen LogP contribution in [-0.2, 0) is 33.6 Å².